The predicted octanol–water partition coefficient (Wildman–Crippen LogP) is 0.851. The number of rotatable bonds is 0. The fraction of sp³-hybridized carbons (Fsp3) is 1.00. The number of hydrogen-bond acceptors (Lipinski definition) is 2. The second-order valence-corrected chi connectivity index (χ2v) is 4.63. The van der Waals surface area contributed by atoms with Gasteiger partial charge in [-0.05, 0) is 25.2 Å². The highest BCUT2D eigenvalue weighted by molar-refractivity contribution is 5.01. The van der Waals surface area contributed by atoms with E-state index < -0.39 is 0 Å². The lowest BCUT2D eigenvalue weighted by Crippen LogP contribution is -2.34. The third kappa shape index (κ3) is 1.32. The minimum Gasteiger partial charge on any atom is -0.327 e. The number of hydrogen-bond donors (Lipinski definition) is 2. The zero-order chi connectivity index (χ0) is 7.99. The van der Waals surface area contributed by atoms with E-state index in [0.717, 1.165) is 12.8 Å². The van der Waals surface area contributed by atoms with Gasteiger partial charge in [0.15, 0.2) is 0 Å². The molecule has 1 aliphatic carbocycles. The van der Waals surface area contributed by atoms with Crippen LogP contribution in [0.1, 0.15) is 33.6 Å². The summed E-state index contributed by atoms with van der Waals surface area (Å²) in [4.78, 5) is 0. The van der Waals surface area contributed by atoms with Gasteiger partial charge in [0.1, 0.15) is 0 Å². The van der Waals surface area contributed by atoms with Crippen molar-refractivity contribution in [3.63, 3.8) is 0 Å². The molecule has 0 spiro atoms. The Bertz CT molecular complexity index is 138. The van der Waals surface area contributed by atoms with Crippen molar-refractivity contribution in [3.05, 3.63) is 0 Å². The van der Waals surface area contributed by atoms with E-state index in [9.17, 15) is 0 Å². The molecule has 1 saturated carbocycles. The summed E-state index contributed by atoms with van der Waals surface area (Å²) in [7, 11) is 0. The molecule has 0 unspecified atom stereocenters. The fourth-order valence-electron chi connectivity index (χ4n) is 2.02. The summed E-state index contributed by atoms with van der Waals surface area (Å²) in [5, 5.41) is 0. The average molecular weight is 142 g/mol. The quantitative estimate of drug-likeness (QED) is 0.527. The highest BCUT2D eigenvalue weighted by Gasteiger charge is 2.42. The zero-order valence-electron chi connectivity index (χ0n) is 7.15. The monoisotopic (exact) mass is 142 g/mol. The van der Waals surface area contributed by atoms with E-state index in [2.05, 4.69) is 20.8 Å². The average Bonchev–Trinajstić information content (AvgIpc) is 1.73. The summed E-state index contributed by atoms with van der Waals surface area (Å²) in [5.74, 6) is 0. The third-order valence-electron chi connectivity index (χ3n) is 2.55. The summed E-state index contributed by atoms with van der Waals surface area (Å²) in [6, 6.07) is 0.280. The predicted molar refractivity (Wildman–Crippen MR) is 43.6 cm³/mol. The summed E-state index contributed by atoms with van der Waals surface area (Å²) in [5.41, 5.74) is 12.1. The van der Waals surface area contributed by atoms with Crippen LogP contribution < -0.4 is 11.5 Å². The topological polar surface area (TPSA) is 52.0 Å². The van der Waals surface area contributed by atoms with E-state index in [1.54, 1.807) is 0 Å². The van der Waals surface area contributed by atoms with Crippen molar-refractivity contribution in [1.29, 1.82) is 0 Å². The Kier molecular flexibility index (Phi) is 1.57. The Hall–Kier alpha value is -0.0800. The Morgan fingerprint density at radius 3 is 1.90 bits per heavy atom. The van der Waals surface area contributed by atoms with Crippen molar-refractivity contribution in [1.82, 2.24) is 0 Å². The maximum absolute atomic E-state index is 5.96. The van der Waals surface area contributed by atoms with E-state index >= 15 is 0 Å². The Balaban J connectivity index is 2.71. The molecule has 0 aromatic heterocycles. The van der Waals surface area contributed by atoms with E-state index in [1.807, 2.05) is 0 Å². The molecule has 2 nitrogen and oxygen atoms in total. The van der Waals surface area contributed by atoms with Gasteiger partial charge in [-0.2, -0.15) is 0 Å². The van der Waals surface area contributed by atoms with Gasteiger partial charge in [-0.25, -0.2) is 0 Å². The molecule has 0 radical (unpaired) electrons. The third-order valence-corrected chi connectivity index (χ3v) is 2.55. The normalized spacial score (nSPS) is 45.9. The van der Waals surface area contributed by atoms with Crippen LogP contribution in [0.5, 0.6) is 0 Å². The maximum Gasteiger partial charge on any atom is 0.0146 e. The molecule has 0 amide bonds. The Morgan fingerprint density at radius 2 is 1.80 bits per heavy atom. The lowest BCUT2D eigenvalue weighted by Gasteiger charge is -2.23. The standard InChI is InChI=1S/C8H18N2/c1-7(2)5-8(3,10)4-6(7)9/h6H,4-5,9-10H2,1-3H3/t6-,8+/m0/s1. The SMILES string of the molecule is CC1(C)C[C@](C)(N)C[C@@H]1N. The highest BCUT2D eigenvalue weighted by atomic mass is 14.8. The van der Waals surface area contributed by atoms with Crippen molar-refractivity contribution < 1.29 is 0 Å². The zero-order valence-corrected chi connectivity index (χ0v) is 7.15. The van der Waals surface area contributed by atoms with E-state index in [1.165, 1.54) is 0 Å². The van der Waals surface area contributed by atoms with Gasteiger partial charge >= 0.3 is 0 Å². The molecule has 0 bridgehead atoms. The van der Waals surface area contributed by atoms with Crippen molar-refractivity contribution in [3.8, 4) is 0 Å². The van der Waals surface area contributed by atoms with Gasteiger partial charge in [0.25, 0.3) is 0 Å². The maximum atomic E-state index is 5.96. The summed E-state index contributed by atoms with van der Waals surface area (Å²) in [6.07, 6.45) is 2.00. The van der Waals surface area contributed by atoms with Gasteiger partial charge in [0.05, 0.1) is 0 Å². The van der Waals surface area contributed by atoms with Crippen molar-refractivity contribution >= 4 is 0 Å². The minimum atomic E-state index is -0.0249. The second-order valence-electron chi connectivity index (χ2n) is 4.63. The first-order valence-corrected chi connectivity index (χ1v) is 3.88. The lowest BCUT2D eigenvalue weighted by atomic mass is 9.86. The molecule has 0 aliphatic heterocycles. The smallest absolute Gasteiger partial charge is 0.0146 e. The molecule has 0 heterocycles. The molecule has 4 N–H and O–H groups in total. The molecule has 1 aliphatic rings. The van der Waals surface area contributed by atoms with Crippen LogP contribution in [0.25, 0.3) is 0 Å². The van der Waals surface area contributed by atoms with Crippen LogP contribution in [-0.2, 0) is 0 Å². The van der Waals surface area contributed by atoms with Crippen LogP contribution >= 0.6 is 0 Å². The summed E-state index contributed by atoms with van der Waals surface area (Å²) >= 11 is 0. The minimum absolute atomic E-state index is 0.0249. The van der Waals surface area contributed by atoms with Gasteiger partial charge in [0.2, 0.25) is 0 Å². The Morgan fingerprint density at radius 1 is 1.30 bits per heavy atom. The van der Waals surface area contributed by atoms with Gasteiger partial charge in [-0.1, -0.05) is 13.8 Å². The molecule has 1 rings (SSSR count). The molecule has 2 heteroatoms. The van der Waals surface area contributed by atoms with Crippen LogP contribution in [0.3, 0.4) is 0 Å². The summed E-state index contributed by atoms with van der Waals surface area (Å²) in [6.45, 7) is 6.47. The van der Waals surface area contributed by atoms with Crippen LogP contribution in [-0.4, -0.2) is 11.6 Å². The molecular weight excluding hydrogens is 124 g/mol. The van der Waals surface area contributed by atoms with Crippen LogP contribution in [0.4, 0.5) is 0 Å². The lowest BCUT2D eigenvalue weighted by molar-refractivity contribution is 0.318. The van der Waals surface area contributed by atoms with Gasteiger partial charge in [0, 0.05) is 11.6 Å². The van der Waals surface area contributed by atoms with Crippen LogP contribution in [0.2, 0.25) is 0 Å². The molecule has 10 heavy (non-hydrogen) atoms. The highest BCUT2D eigenvalue weighted by Crippen LogP contribution is 2.40. The molecule has 0 saturated heterocycles. The largest absolute Gasteiger partial charge is 0.327 e. The molecule has 60 valence electrons. The van der Waals surface area contributed by atoms with Gasteiger partial charge in [-0.3, -0.25) is 0 Å². The first kappa shape index (κ1) is 8.02. The molecule has 0 aromatic carbocycles. The first-order chi connectivity index (χ1) is 4.33. The van der Waals surface area contributed by atoms with E-state index in [0.29, 0.717) is 0 Å². The molecule has 2 atom stereocenters. The summed E-state index contributed by atoms with van der Waals surface area (Å²) < 4.78 is 0. The van der Waals surface area contributed by atoms with E-state index in [-0.39, 0.29) is 17.0 Å². The molecule has 0 aromatic rings. The first-order valence-electron chi connectivity index (χ1n) is 3.88. The number of nitrogens with two attached hydrogens (primary N) is 2. The van der Waals surface area contributed by atoms with Crippen LogP contribution in [0.15, 0.2) is 0 Å². The van der Waals surface area contributed by atoms with Crippen molar-refractivity contribution in [2.75, 3.05) is 0 Å². The van der Waals surface area contributed by atoms with E-state index in [4.69, 9.17) is 11.5 Å². The van der Waals surface area contributed by atoms with Gasteiger partial charge in [-0.15, -0.1) is 0 Å². The van der Waals surface area contributed by atoms with Gasteiger partial charge < -0.3 is 11.5 Å². The molecular formula is C8H18N2. The fourth-order valence-corrected chi connectivity index (χ4v) is 2.02. The van der Waals surface area contributed by atoms with Crippen molar-refractivity contribution in [2.24, 2.45) is 16.9 Å². The molecule has 1 fully saturated rings. The second kappa shape index (κ2) is 1.95. The van der Waals surface area contributed by atoms with Crippen molar-refractivity contribution in [2.45, 2.75) is 45.2 Å². The van der Waals surface area contributed by atoms with Crippen LogP contribution in [0, 0.1) is 5.41 Å². The Labute approximate surface area is 63.0 Å².